The molecule has 0 radical (unpaired) electrons. The third-order valence-corrected chi connectivity index (χ3v) is 1.53. The Morgan fingerprint density at radius 3 is 2.93 bits per heavy atom. The number of nitrogens with one attached hydrogen (secondary N) is 1. The Balaban J connectivity index is 2.59. The van der Waals surface area contributed by atoms with Crippen molar-refractivity contribution < 1.29 is 14.7 Å². The Morgan fingerprint density at radius 2 is 2.36 bits per heavy atom. The van der Waals surface area contributed by atoms with Crippen LogP contribution in [0.2, 0.25) is 0 Å². The molecule has 6 heteroatoms. The van der Waals surface area contributed by atoms with Crippen LogP contribution < -0.4 is 5.32 Å². The Morgan fingerprint density at radius 1 is 1.64 bits per heavy atom. The monoisotopic (exact) mass is 197 g/mol. The Kier molecular flexibility index (Phi) is 3.22. The second-order valence-electron chi connectivity index (χ2n) is 2.69. The molecule has 0 aliphatic carbocycles. The molecule has 0 aliphatic heterocycles. The molecule has 1 aromatic rings. The van der Waals surface area contributed by atoms with Gasteiger partial charge in [0.05, 0.1) is 0 Å². The van der Waals surface area contributed by atoms with Gasteiger partial charge in [-0.2, -0.15) is 5.10 Å². The highest BCUT2D eigenvalue weighted by atomic mass is 16.4. The van der Waals surface area contributed by atoms with E-state index in [1.165, 1.54) is 10.9 Å². The van der Waals surface area contributed by atoms with E-state index in [1.807, 2.05) is 0 Å². The standard InChI is InChI=1S/C8H11N3O3/c1-2-7(12)9-6-3-4-11(10-6)5-8(13)14/h3-4H,2,5H2,1H3,(H,13,14)(H,9,10,12). The van der Waals surface area contributed by atoms with Gasteiger partial charge in [-0.1, -0.05) is 6.92 Å². The zero-order valence-electron chi connectivity index (χ0n) is 7.73. The summed E-state index contributed by atoms with van der Waals surface area (Å²) in [6.45, 7) is 1.52. The van der Waals surface area contributed by atoms with Crippen molar-refractivity contribution in [1.29, 1.82) is 0 Å². The second kappa shape index (κ2) is 4.40. The summed E-state index contributed by atoms with van der Waals surface area (Å²) in [6, 6.07) is 1.55. The lowest BCUT2D eigenvalue weighted by Gasteiger charge is -1.97. The first-order chi connectivity index (χ1) is 6.61. The van der Waals surface area contributed by atoms with Crippen molar-refractivity contribution in [3.63, 3.8) is 0 Å². The molecule has 76 valence electrons. The fraction of sp³-hybridized carbons (Fsp3) is 0.375. The average molecular weight is 197 g/mol. The van der Waals surface area contributed by atoms with Gasteiger partial charge in [0.2, 0.25) is 5.91 Å². The first-order valence-electron chi connectivity index (χ1n) is 4.17. The summed E-state index contributed by atoms with van der Waals surface area (Å²) >= 11 is 0. The van der Waals surface area contributed by atoms with Gasteiger partial charge in [0.15, 0.2) is 5.82 Å². The van der Waals surface area contributed by atoms with E-state index in [-0.39, 0.29) is 12.5 Å². The summed E-state index contributed by atoms with van der Waals surface area (Å²) in [7, 11) is 0. The number of rotatable bonds is 4. The summed E-state index contributed by atoms with van der Waals surface area (Å²) in [6.07, 6.45) is 1.87. The van der Waals surface area contributed by atoms with Crippen molar-refractivity contribution >= 4 is 17.7 Å². The zero-order valence-corrected chi connectivity index (χ0v) is 7.73. The molecule has 1 rings (SSSR count). The molecule has 14 heavy (non-hydrogen) atoms. The van der Waals surface area contributed by atoms with E-state index < -0.39 is 5.97 Å². The SMILES string of the molecule is CCC(=O)Nc1ccn(CC(=O)O)n1. The van der Waals surface area contributed by atoms with Gasteiger partial charge in [0.25, 0.3) is 0 Å². The summed E-state index contributed by atoms with van der Waals surface area (Å²) in [5, 5.41) is 14.8. The number of hydrogen-bond donors (Lipinski definition) is 2. The number of anilines is 1. The lowest BCUT2D eigenvalue weighted by molar-refractivity contribution is -0.137. The molecule has 2 N–H and O–H groups in total. The first-order valence-corrected chi connectivity index (χ1v) is 4.17. The van der Waals surface area contributed by atoms with Gasteiger partial charge in [-0.15, -0.1) is 0 Å². The maximum absolute atomic E-state index is 10.9. The van der Waals surface area contributed by atoms with Crippen LogP contribution in [-0.2, 0) is 16.1 Å². The predicted octanol–water partition coefficient (Wildman–Crippen LogP) is 0.316. The van der Waals surface area contributed by atoms with Crippen molar-refractivity contribution in [2.75, 3.05) is 5.32 Å². The molecule has 0 atom stereocenters. The van der Waals surface area contributed by atoms with Gasteiger partial charge in [-0.05, 0) is 0 Å². The Labute approximate surface area is 80.5 Å². The number of carbonyl (C=O) groups excluding carboxylic acids is 1. The van der Waals surface area contributed by atoms with Crippen molar-refractivity contribution in [2.45, 2.75) is 19.9 Å². The normalized spacial score (nSPS) is 9.79. The molecule has 1 amide bonds. The van der Waals surface area contributed by atoms with Gasteiger partial charge in [0.1, 0.15) is 6.54 Å². The predicted molar refractivity (Wildman–Crippen MR) is 48.8 cm³/mol. The third kappa shape index (κ3) is 2.89. The number of carbonyl (C=O) groups is 2. The van der Waals surface area contributed by atoms with Crippen LogP contribution in [0.5, 0.6) is 0 Å². The average Bonchev–Trinajstić information content (AvgIpc) is 2.51. The molecule has 0 unspecified atom stereocenters. The number of carboxylic acids is 1. The molecule has 1 heterocycles. The molecular formula is C8H11N3O3. The maximum Gasteiger partial charge on any atom is 0.325 e. The van der Waals surface area contributed by atoms with Crippen molar-refractivity contribution in [1.82, 2.24) is 9.78 Å². The summed E-state index contributed by atoms with van der Waals surface area (Å²) < 4.78 is 1.24. The van der Waals surface area contributed by atoms with E-state index >= 15 is 0 Å². The van der Waals surface area contributed by atoms with Crippen LogP contribution in [0, 0.1) is 0 Å². The third-order valence-electron chi connectivity index (χ3n) is 1.53. The van der Waals surface area contributed by atoms with Crippen molar-refractivity contribution in [3.8, 4) is 0 Å². The molecule has 0 aromatic carbocycles. The first kappa shape index (κ1) is 10.2. The molecule has 0 fully saturated rings. The quantitative estimate of drug-likeness (QED) is 0.727. The van der Waals surface area contributed by atoms with Crippen LogP contribution >= 0.6 is 0 Å². The molecule has 0 bridgehead atoms. The second-order valence-corrected chi connectivity index (χ2v) is 2.69. The molecule has 0 saturated carbocycles. The minimum absolute atomic E-state index is 0.148. The van der Waals surface area contributed by atoms with E-state index in [9.17, 15) is 9.59 Å². The highest BCUT2D eigenvalue weighted by Crippen LogP contribution is 2.02. The van der Waals surface area contributed by atoms with Crippen LogP contribution in [0.25, 0.3) is 0 Å². The maximum atomic E-state index is 10.9. The largest absolute Gasteiger partial charge is 0.480 e. The van der Waals surface area contributed by atoms with E-state index in [1.54, 1.807) is 13.0 Å². The number of carboxylic acid groups (broad SMARTS) is 1. The summed E-state index contributed by atoms with van der Waals surface area (Å²) in [5.41, 5.74) is 0. The van der Waals surface area contributed by atoms with E-state index in [0.717, 1.165) is 0 Å². The van der Waals surface area contributed by atoms with Gasteiger partial charge in [0, 0.05) is 18.7 Å². The highest BCUT2D eigenvalue weighted by molar-refractivity contribution is 5.89. The number of aliphatic carboxylic acids is 1. The summed E-state index contributed by atoms with van der Waals surface area (Å²) in [5.74, 6) is -0.745. The number of nitrogens with zero attached hydrogens (tertiary/aromatic N) is 2. The molecule has 0 aliphatic rings. The van der Waals surface area contributed by atoms with Gasteiger partial charge in [-0.25, -0.2) is 0 Å². The zero-order chi connectivity index (χ0) is 10.6. The van der Waals surface area contributed by atoms with Gasteiger partial charge in [-0.3, -0.25) is 14.3 Å². The molecule has 0 saturated heterocycles. The minimum Gasteiger partial charge on any atom is -0.480 e. The lowest BCUT2D eigenvalue weighted by Crippen LogP contribution is -2.12. The van der Waals surface area contributed by atoms with Crippen molar-refractivity contribution in [3.05, 3.63) is 12.3 Å². The smallest absolute Gasteiger partial charge is 0.325 e. The van der Waals surface area contributed by atoms with Crippen LogP contribution in [0.1, 0.15) is 13.3 Å². The number of amides is 1. The van der Waals surface area contributed by atoms with Crippen molar-refractivity contribution in [2.24, 2.45) is 0 Å². The number of hydrogen-bond acceptors (Lipinski definition) is 3. The minimum atomic E-state index is -0.971. The van der Waals surface area contributed by atoms with E-state index in [2.05, 4.69) is 10.4 Å². The van der Waals surface area contributed by atoms with E-state index in [4.69, 9.17) is 5.11 Å². The Bertz CT molecular complexity index is 345. The van der Waals surface area contributed by atoms with Crippen LogP contribution in [0.15, 0.2) is 12.3 Å². The summed E-state index contributed by atoms with van der Waals surface area (Å²) in [4.78, 5) is 21.2. The highest BCUT2D eigenvalue weighted by Gasteiger charge is 2.04. The molecule has 0 spiro atoms. The lowest BCUT2D eigenvalue weighted by atomic mass is 10.4. The van der Waals surface area contributed by atoms with Crippen LogP contribution in [0.3, 0.4) is 0 Å². The van der Waals surface area contributed by atoms with Gasteiger partial charge >= 0.3 is 5.97 Å². The Hall–Kier alpha value is -1.85. The van der Waals surface area contributed by atoms with Crippen LogP contribution in [-0.4, -0.2) is 26.8 Å². The molecule has 6 nitrogen and oxygen atoms in total. The van der Waals surface area contributed by atoms with Crippen LogP contribution in [0.4, 0.5) is 5.82 Å². The number of aromatic nitrogens is 2. The fourth-order valence-electron chi connectivity index (χ4n) is 0.886. The van der Waals surface area contributed by atoms with Gasteiger partial charge < -0.3 is 10.4 Å². The van der Waals surface area contributed by atoms with E-state index in [0.29, 0.717) is 12.2 Å². The molecule has 1 aromatic heterocycles. The topological polar surface area (TPSA) is 84.2 Å². The fourth-order valence-corrected chi connectivity index (χ4v) is 0.886. The molecular weight excluding hydrogens is 186 g/mol.